The molecule has 0 saturated carbocycles. The number of nitrogens with zero attached hydrogens (tertiary/aromatic N) is 3. The molecule has 0 unspecified atom stereocenters. The number of aromatic nitrogens is 1. The summed E-state index contributed by atoms with van der Waals surface area (Å²) in [6.07, 6.45) is 0. The van der Waals surface area contributed by atoms with Gasteiger partial charge in [0.1, 0.15) is 0 Å². The monoisotopic (exact) mass is 952 g/mol. The molecule has 3 nitrogen and oxygen atoms in total. The molecule has 1 aliphatic carbocycles. The van der Waals surface area contributed by atoms with Crippen molar-refractivity contribution in [1.82, 2.24) is 4.57 Å². The summed E-state index contributed by atoms with van der Waals surface area (Å²) in [4.78, 5) is 5.13. The summed E-state index contributed by atoms with van der Waals surface area (Å²) in [6.45, 7) is 32.8. The number of rotatable bonds is 5. The second-order valence-electron chi connectivity index (χ2n) is 25.9. The van der Waals surface area contributed by atoms with E-state index in [4.69, 9.17) is 0 Å². The van der Waals surface area contributed by atoms with E-state index in [1.165, 1.54) is 106 Å². The van der Waals surface area contributed by atoms with Gasteiger partial charge < -0.3 is 14.4 Å². The molecule has 3 heterocycles. The summed E-state index contributed by atoms with van der Waals surface area (Å²) in [7, 11) is 0. The van der Waals surface area contributed by atoms with Crippen molar-refractivity contribution in [2.75, 3.05) is 9.80 Å². The largest absolute Gasteiger partial charge is 0.311 e. The summed E-state index contributed by atoms with van der Waals surface area (Å²) < 4.78 is 2.70. The lowest BCUT2D eigenvalue weighted by Gasteiger charge is -2.43. The minimum Gasteiger partial charge on any atom is -0.311 e. The fourth-order valence-corrected chi connectivity index (χ4v) is 12.5. The van der Waals surface area contributed by atoms with Gasteiger partial charge in [-0.05, 0) is 138 Å². The van der Waals surface area contributed by atoms with E-state index in [-0.39, 0.29) is 33.8 Å². The zero-order valence-corrected chi connectivity index (χ0v) is 45.6. The van der Waals surface area contributed by atoms with Crippen LogP contribution in [0.4, 0.5) is 34.1 Å². The van der Waals surface area contributed by atoms with Crippen molar-refractivity contribution in [2.24, 2.45) is 0 Å². The van der Waals surface area contributed by atoms with Gasteiger partial charge in [-0.25, -0.2) is 0 Å². The Morgan fingerprint density at radius 3 is 1.60 bits per heavy atom. The first-order valence-corrected chi connectivity index (χ1v) is 26.6. The second kappa shape index (κ2) is 16.0. The number of anilines is 6. The lowest BCUT2D eigenvalue weighted by atomic mass is 9.33. The van der Waals surface area contributed by atoms with E-state index in [0.29, 0.717) is 0 Å². The average Bonchev–Trinajstić information content (AvgIpc) is 3.82. The SMILES string of the molecule is CC(C)(C)c1ccc(N(c2ccc(C(C)(C)C)cc2)c2ccc3c(c2)N(c2ccc(C(C)(C)C)cc2-c2ccccc2)c2cc(C(C)(C)C)cc4c2B3c2cccc3c5c(n-4c23)-c2ccccc2C5(C)C)cc1. The van der Waals surface area contributed by atoms with Crippen LogP contribution in [-0.2, 0) is 27.1 Å². The Morgan fingerprint density at radius 2 is 0.986 bits per heavy atom. The summed E-state index contributed by atoms with van der Waals surface area (Å²) in [5.74, 6) is 0. The third-order valence-electron chi connectivity index (χ3n) is 16.6. The highest BCUT2D eigenvalue weighted by molar-refractivity contribution is 7.00. The molecular formula is C69H70BN3. The van der Waals surface area contributed by atoms with Crippen molar-refractivity contribution in [2.45, 2.75) is 124 Å². The number of hydrogen-bond acceptors (Lipinski definition) is 2. The van der Waals surface area contributed by atoms with Crippen LogP contribution in [0.1, 0.15) is 130 Å². The lowest BCUT2D eigenvalue weighted by molar-refractivity contribution is 0.589. The molecule has 2 aliphatic heterocycles. The van der Waals surface area contributed by atoms with Crippen LogP contribution in [0.25, 0.3) is 39.0 Å². The third kappa shape index (κ3) is 7.29. The molecule has 9 aromatic rings. The Bertz CT molecular complexity index is 3620. The predicted octanol–water partition coefficient (Wildman–Crippen LogP) is 16.9. The Kier molecular flexibility index (Phi) is 10.3. The van der Waals surface area contributed by atoms with E-state index in [0.717, 1.165) is 17.1 Å². The molecule has 0 N–H and O–H groups in total. The molecule has 0 saturated heterocycles. The van der Waals surface area contributed by atoms with E-state index < -0.39 is 0 Å². The van der Waals surface area contributed by atoms with Gasteiger partial charge in [0, 0.05) is 61.6 Å². The molecule has 1 aromatic heterocycles. The molecule has 12 rings (SSSR count). The van der Waals surface area contributed by atoms with E-state index in [2.05, 4.69) is 281 Å². The summed E-state index contributed by atoms with van der Waals surface area (Å²) in [6, 6.07) is 65.7. The normalized spacial score (nSPS) is 14.5. The van der Waals surface area contributed by atoms with Gasteiger partial charge in [-0.3, -0.25) is 0 Å². The first-order chi connectivity index (χ1) is 34.5. The molecule has 4 heteroatoms. The third-order valence-corrected chi connectivity index (χ3v) is 16.6. The fourth-order valence-electron chi connectivity index (χ4n) is 12.5. The van der Waals surface area contributed by atoms with Crippen LogP contribution in [0.3, 0.4) is 0 Å². The van der Waals surface area contributed by atoms with E-state index >= 15 is 0 Å². The quantitative estimate of drug-likeness (QED) is 0.159. The molecular weight excluding hydrogens is 882 g/mol. The molecule has 0 bridgehead atoms. The van der Waals surface area contributed by atoms with Crippen LogP contribution in [0.15, 0.2) is 170 Å². The highest BCUT2D eigenvalue weighted by atomic mass is 15.2. The fraction of sp³-hybridized carbons (Fsp3) is 0.275. The van der Waals surface area contributed by atoms with Crippen molar-refractivity contribution in [3.63, 3.8) is 0 Å². The molecule has 3 aliphatic rings. The Hall–Kier alpha value is -7.04. The maximum atomic E-state index is 2.70. The van der Waals surface area contributed by atoms with Gasteiger partial charge in [-0.2, -0.15) is 0 Å². The maximum absolute atomic E-state index is 2.70. The van der Waals surface area contributed by atoms with Gasteiger partial charge in [0.2, 0.25) is 0 Å². The predicted molar refractivity (Wildman–Crippen MR) is 315 cm³/mol. The molecule has 0 fully saturated rings. The lowest BCUT2D eigenvalue weighted by Crippen LogP contribution is -2.60. The van der Waals surface area contributed by atoms with Crippen molar-refractivity contribution in [3.8, 4) is 28.1 Å². The van der Waals surface area contributed by atoms with Gasteiger partial charge in [0.15, 0.2) is 0 Å². The zero-order chi connectivity index (χ0) is 51.3. The number of hydrogen-bond donors (Lipinski definition) is 0. The van der Waals surface area contributed by atoms with E-state index in [1.54, 1.807) is 0 Å². The maximum Gasteiger partial charge on any atom is 0.252 e. The van der Waals surface area contributed by atoms with Crippen molar-refractivity contribution in [3.05, 3.63) is 203 Å². The number of fused-ring (bicyclic) bond motifs is 9. The van der Waals surface area contributed by atoms with E-state index in [9.17, 15) is 0 Å². The van der Waals surface area contributed by atoms with Gasteiger partial charge in [0.25, 0.3) is 6.71 Å². The van der Waals surface area contributed by atoms with Crippen molar-refractivity contribution < 1.29 is 0 Å². The Morgan fingerprint density at radius 1 is 0.425 bits per heavy atom. The minimum absolute atomic E-state index is 0.0106. The smallest absolute Gasteiger partial charge is 0.252 e. The molecule has 0 atom stereocenters. The van der Waals surface area contributed by atoms with Crippen molar-refractivity contribution >= 4 is 68.1 Å². The van der Waals surface area contributed by atoms with Gasteiger partial charge in [0.05, 0.1) is 11.4 Å². The Labute approximate surface area is 435 Å². The average molecular weight is 952 g/mol. The highest BCUT2D eigenvalue weighted by Crippen LogP contribution is 2.55. The summed E-state index contributed by atoms with van der Waals surface area (Å²) in [5, 5.41) is 1.36. The summed E-state index contributed by atoms with van der Waals surface area (Å²) >= 11 is 0. The van der Waals surface area contributed by atoms with Gasteiger partial charge in [-0.15, -0.1) is 0 Å². The van der Waals surface area contributed by atoms with Crippen molar-refractivity contribution in [1.29, 1.82) is 0 Å². The molecule has 0 radical (unpaired) electrons. The van der Waals surface area contributed by atoms with Gasteiger partial charge in [-0.1, -0.05) is 206 Å². The highest BCUT2D eigenvalue weighted by Gasteiger charge is 2.48. The van der Waals surface area contributed by atoms with Crippen LogP contribution >= 0.6 is 0 Å². The Balaban J connectivity index is 1.20. The first kappa shape index (κ1) is 47.0. The van der Waals surface area contributed by atoms with Crippen LogP contribution < -0.4 is 26.2 Å². The van der Waals surface area contributed by atoms with Gasteiger partial charge >= 0.3 is 0 Å². The molecule has 0 amide bonds. The zero-order valence-electron chi connectivity index (χ0n) is 45.6. The number of para-hydroxylation sites is 1. The van der Waals surface area contributed by atoms with Crippen LogP contribution in [-0.4, -0.2) is 11.3 Å². The standard InChI is InChI=1S/C69H70BN3/c1-65(2,3)44-27-32-48(33-28-44)71(49-34-29-45(30-35-49)66(4,5)6)50-36-37-55-58(42-50)72(57-38-31-46(67(7,8)9)39-53(57)43-21-16-15-17-22-43)59-40-47(68(10,11)12)41-60-62(59)70(55)56-26-20-24-52-61-64(73(60)63(52)56)51-23-18-19-25-54(51)69(61,13)14/h15-42H,1-14H3. The molecule has 8 aromatic carbocycles. The van der Waals surface area contributed by atoms with Crippen LogP contribution in [0, 0.1) is 0 Å². The minimum atomic E-state index is -0.170. The second-order valence-corrected chi connectivity index (χ2v) is 25.9. The van der Waals surface area contributed by atoms with Crippen LogP contribution in [0.2, 0.25) is 0 Å². The molecule has 0 spiro atoms. The summed E-state index contributed by atoms with van der Waals surface area (Å²) in [5.41, 5.74) is 26.6. The van der Waals surface area contributed by atoms with Crippen LogP contribution in [0.5, 0.6) is 0 Å². The molecule has 364 valence electrons. The van der Waals surface area contributed by atoms with E-state index in [1.807, 2.05) is 0 Å². The first-order valence-electron chi connectivity index (χ1n) is 26.6. The number of benzene rings is 8. The topological polar surface area (TPSA) is 11.4 Å². The molecule has 73 heavy (non-hydrogen) atoms.